The van der Waals surface area contributed by atoms with Crippen molar-refractivity contribution in [2.75, 3.05) is 13.1 Å². The van der Waals surface area contributed by atoms with Crippen LogP contribution in [0.2, 0.25) is 0 Å². The Hall–Kier alpha value is -2.05. The molecule has 1 atom stereocenters. The van der Waals surface area contributed by atoms with Crippen LogP contribution in [0.15, 0.2) is 34.4 Å². The summed E-state index contributed by atoms with van der Waals surface area (Å²) in [6.07, 6.45) is 2.08. The molecular formula is C19H20FN3OS. The molecule has 1 N–H and O–H groups in total. The molecule has 1 saturated heterocycles. The number of hydrogen-bond acceptors (Lipinski definition) is 4. The molecular weight excluding hydrogens is 337 g/mol. The quantitative estimate of drug-likeness (QED) is 0.777. The van der Waals surface area contributed by atoms with Gasteiger partial charge in [0, 0.05) is 6.54 Å². The van der Waals surface area contributed by atoms with Gasteiger partial charge in [-0.05, 0) is 60.9 Å². The Labute approximate surface area is 149 Å². The van der Waals surface area contributed by atoms with Crippen molar-refractivity contribution in [3.05, 3.63) is 62.8 Å². The molecule has 1 unspecified atom stereocenters. The van der Waals surface area contributed by atoms with Crippen LogP contribution in [0.3, 0.4) is 0 Å². The molecule has 2 aromatic heterocycles. The Bertz CT molecular complexity index is 965. The van der Waals surface area contributed by atoms with Gasteiger partial charge in [-0.25, -0.2) is 9.37 Å². The van der Waals surface area contributed by atoms with Crippen LogP contribution in [0.4, 0.5) is 4.39 Å². The fraction of sp³-hybridized carbons (Fsp3) is 0.368. The predicted octanol–water partition coefficient (Wildman–Crippen LogP) is 3.50. The summed E-state index contributed by atoms with van der Waals surface area (Å²) in [6, 6.07) is 7.28. The molecule has 1 aliphatic heterocycles. The van der Waals surface area contributed by atoms with Gasteiger partial charge in [-0.15, -0.1) is 11.3 Å². The molecule has 4 rings (SSSR count). The number of rotatable bonds is 4. The smallest absolute Gasteiger partial charge is 0.268 e. The van der Waals surface area contributed by atoms with Crippen molar-refractivity contribution in [1.82, 2.24) is 14.9 Å². The molecule has 4 nitrogen and oxygen atoms in total. The molecule has 0 saturated carbocycles. The fourth-order valence-corrected chi connectivity index (χ4v) is 4.32. The zero-order chi connectivity index (χ0) is 17.4. The van der Waals surface area contributed by atoms with E-state index in [9.17, 15) is 9.18 Å². The summed E-state index contributed by atoms with van der Waals surface area (Å²) in [4.78, 5) is 21.9. The zero-order valence-corrected chi connectivity index (χ0v) is 14.9. The molecule has 25 heavy (non-hydrogen) atoms. The van der Waals surface area contributed by atoms with Crippen LogP contribution in [-0.4, -0.2) is 28.0 Å². The van der Waals surface area contributed by atoms with Crippen molar-refractivity contribution in [3.63, 3.8) is 0 Å². The standard InChI is InChI=1S/C19H20FN3OS/c1-12-8-13(2-3-15(12)20)9-14-4-6-23(10-14)11-17-21-16-5-7-25-18(16)19(24)22-17/h2-3,5,7-8,14H,4,6,9-11H2,1H3,(H,21,22,24). The lowest BCUT2D eigenvalue weighted by molar-refractivity contribution is 0.308. The molecule has 3 aromatic rings. The Morgan fingerprint density at radius 3 is 3.12 bits per heavy atom. The van der Waals surface area contributed by atoms with Crippen LogP contribution in [0, 0.1) is 18.7 Å². The van der Waals surface area contributed by atoms with Gasteiger partial charge >= 0.3 is 0 Å². The van der Waals surface area contributed by atoms with E-state index >= 15 is 0 Å². The van der Waals surface area contributed by atoms with Crippen LogP contribution in [0.25, 0.3) is 10.2 Å². The third kappa shape index (κ3) is 3.50. The molecule has 3 heterocycles. The predicted molar refractivity (Wildman–Crippen MR) is 98.5 cm³/mol. The highest BCUT2D eigenvalue weighted by Gasteiger charge is 2.23. The summed E-state index contributed by atoms with van der Waals surface area (Å²) in [5, 5.41) is 1.90. The Morgan fingerprint density at radius 2 is 2.28 bits per heavy atom. The lowest BCUT2D eigenvalue weighted by Crippen LogP contribution is -2.24. The largest absolute Gasteiger partial charge is 0.308 e. The van der Waals surface area contributed by atoms with Crippen LogP contribution in [0.1, 0.15) is 23.4 Å². The van der Waals surface area contributed by atoms with Gasteiger partial charge in [0.25, 0.3) is 5.56 Å². The minimum absolute atomic E-state index is 0.0486. The highest BCUT2D eigenvalue weighted by molar-refractivity contribution is 7.17. The van der Waals surface area contributed by atoms with Gasteiger partial charge in [-0.2, -0.15) is 0 Å². The van der Waals surface area contributed by atoms with Crippen molar-refractivity contribution in [3.8, 4) is 0 Å². The molecule has 6 heteroatoms. The first kappa shape index (κ1) is 16.4. The number of halogens is 1. The SMILES string of the molecule is Cc1cc(CC2CCN(Cc3nc4ccsc4c(=O)[nH]3)C2)ccc1F. The summed E-state index contributed by atoms with van der Waals surface area (Å²) in [5.74, 6) is 1.14. The Balaban J connectivity index is 1.41. The number of fused-ring (bicyclic) bond motifs is 1. The van der Waals surface area contributed by atoms with Crippen molar-refractivity contribution in [1.29, 1.82) is 0 Å². The minimum atomic E-state index is -0.143. The van der Waals surface area contributed by atoms with Gasteiger partial charge in [-0.1, -0.05) is 12.1 Å². The number of aromatic amines is 1. The van der Waals surface area contributed by atoms with E-state index in [1.54, 1.807) is 6.07 Å². The lowest BCUT2D eigenvalue weighted by atomic mass is 9.97. The number of hydrogen-bond donors (Lipinski definition) is 1. The number of H-pyrrole nitrogens is 1. The van der Waals surface area contributed by atoms with E-state index in [0.29, 0.717) is 22.7 Å². The third-order valence-electron chi connectivity index (χ3n) is 4.85. The second-order valence-electron chi connectivity index (χ2n) is 6.83. The van der Waals surface area contributed by atoms with Gasteiger partial charge in [0.15, 0.2) is 0 Å². The maximum Gasteiger partial charge on any atom is 0.268 e. The average Bonchev–Trinajstić information content (AvgIpc) is 3.21. The Kier molecular flexibility index (Phi) is 4.39. The summed E-state index contributed by atoms with van der Waals surface area (Å²) >= 11 is 1.42. The number of benzene rings is 1. The van der Waals surface area contributed by atoms with Gasteiger partial charge in [0.1, 0.15) is 16.3 Å². The maximum absolute atomic E-state index is 13.4. The molecule has 0 amide bonds. The summed E-state index contributed by atoms with van der Waals surface area (Å²) in [7, 11) is 0. The first-order valence-electron chi connectivity index (χ1n) is 8.52. The molecule has 1 aromatic carbocycles. The average molecular weight is 357 g/mol. The third-order valence-corrected chi connectivity index (χ3v) is 5.76. The lowest BCUT2D eigenvalue weighted by Gasteiger charge is -2.15. The van der Waals surface area contributed by atoms with Crippen LogP contribution in [0.5, 0.6) is 0 Å². The van der Waals surface area contributed by atoms with Gasteiger partial charge in [-0.3, -0.25) is 9.69 Å². The zero-order valence-electron chi connectivity index (χ0n) is 14.1. The highest BCUT2D eigenvalue weighted by atomic mass is 32.1. The summed E-state index contributed by atoms with van der Waals surface area (Å²) in [5.41, 5.74) is 2.63. The van der Waals surface area contributed by atoms with E-state index in [1.165, 1.54) is 16.9 Å². The minimum Gasteiger partial charge on any atom is -0.308 e. The van der Waals surface area contributed by atoms with E-state index in [0.717, 1.165) is 37.3 Å². The number of aromatic nitrogens is 2. The van der Waals surface area contributed by atoms with E-state index in [1.807, 2.05) is 30.5 Å². The molecule has 0 aliphatic carbocycles. The topological polar surface area (TPSA) is 49.0 Å². The van der Waals surface area contributed by atoms with Crippen LogP contribution < -0.4 is 5.56 Å². The van der Waals surface area contributed by atoms with Crippen LogP contribution >= 0.6 is 11.3 Å². The van der Waals surface area contributed by atoms with Gasteiger partial charge in [0.2, 0.25) is 0 Å². The number of aryl methyl sites for hydroxylation is 1. The molecule has 1 fully saturated rings. The van der Waals surface area contributed by atoms with Crippen molar-refractivity contribution in [2.45, 2.75) is 26.3 Å². The normalized spacial score (nSPS) is 18.2. The second kappa shape index (κ2) is 6.69. The fourth-order valence-electron chi connectivity index (χ4n) is 3.60. The van der Waals surface area contributed by atoms with Gasteiger partial charge < -0.3 is 4.98 Å². The highest BCUT2D eigenvalue weighted by Crippen LogP contribution is 2.23. The molecule has 0 bridgehead atoms. The van der Waals surface area contributed by atoms with Crippen molar-refractivity contribution >= 4 is 21.6 Å². The number of likely N-dealkylation sites (tertiary alicyclic amines) is 1. The van der Waals surface area contributed by atoms with Crippen LogP contribution in [-0.2, 0) is 13.0 Å². The van der Waals surface area contributed by atoms with E-state index in [2.05, 4.69) is 14.9 Å². The summed E-state index contributed by atoms with van der Waals surface area (Å²) < 4.78 is 14.1. The second-order valence-corrected chi connectivity index (χ2v) is 7.74. The maximum atomic E-state index is 13.4. The first-order chi connectivity index (χ1) is 12.1. The molecule has 1 aliphatic rings. The monoisotopic (exact) mass is 357 g/mol. The molecule has 0 radical (unpaired) electrons. The van der Waals surface area contributed by atoms with Crippen molar-refractivity contribution in [2.24, 2.45) is 5.92 Å². The number of thiophene rings is 1. The van der Waals surface area contributed by atoms with Gasteiger partial charge in [0.05, 0.1) is 12.1 Å². The summed E-state index contributed by atoms with van der Waals surface area (Å²) in [6.45, 7) is 4.44. The molecule has 130 valence electrons. The Morgan fingerprint density at radius 1 is 1.40 bits per heavy atom. The number of nitrogens with one attached hydrogen (secondary N) is 1. The first-order valence-corrected chi connectivity index (χ1v) is 9.40. The van der Waals surface area contributed by atoms with E-state index in [4.69, 9.17) is 0 Å². The molecule has 0 spiro atoms. The van der Waals surface area contributed by atoms with Crippen molar-refractivity contribution < 1.29 is 4.39 Å². The van der Waals surface area contributed by atoms with E-state index < -0.39 is 0 Å². The van der Waals surface area contributed by atoms with E-state index in [-0.39, 0.29) is 11.4 Å². The number of nitrogens with zero attached hydrogens (tertiary/aromatic N) is 2.